The van der Waals surface area contributed by atoms with Gasteiger partial charge in [0, 0.05) is 16.6 Å². The molecule has 1 spiro atoms. The van der Waals surface area contributed by atoms with E-state index in [1.54, 1.807) is 0 Å². The molecule has 76 heavy (non-hydrogen) atoms. The molecule has 0 radical (unpaired) electrons. The van der Waals surface area contributed by atoms with E-state index < -0.39 is 10.8 Å². The van der Waals surface area contributed by atoms with E-state index in [2.05, 4.69) is 290 Å². The molecule has 0 bridgehead atoms. The van der Waals surface area contributed by atoms with Crippen molar-refractivity contribution >= 4 is 39.0 Å². The number of furan rings is 1. The summed E-state index contributed by atoms with van der Waals surface area (Å²) in [6, 6.07) is 106. The third kappa shape index (κ3) is 5.81. The van der Waals surface area contributed by atoms with Gasteiger partial charge in [0.2, 0.25) is 0 Å². The van der Waals surface area contributed by atoms with Crippen molar-refractivity contribution in [1.82, 2.24) is 0 Å². The van der Waals surface area contributed by atoms with Crippen molar-refractivity contribution in [3.63, 3.8) is 0 Å². The van der Waals surface area contributed by atoms with Crippen molar-refractivity contribution in [2.75, 3.05) is 4.90 Å². The monoisotopic (exact) mass is 965 g/mol. The molecule has 354 valence electrons. The van der Waals surface area contributed by atoms with Crippen LogP contribution in [0.15, 0.2) is 290 Å². The second-order valence-corrected chi connectivity index (χ2v) is 20.6. The first-order valence-corrected chi connectivity index (χ1v) is 26.4. The molecule has 13 aromatic rings. The van der Waals surface area contributed by atoms with Gasteiger partial charge in [0.25, 0.3) is 0 Å². The minimum Gasteiger partial charge on any atom is -0.456 e. The topological polar surface area (TPSA) is 16.4 Å². The molecule has 1 unspecified atom stereocenters. The molecule has 16 rings (SSSR count). The fraction of sp³-hybridized carbons (Fsp3) is 0.0270. The fourth-order valence-electron chi connectivity index (χ4n) is 14.0. The number of rotatable bonds is 7. The highest BCUT2D eigenvalue weighted by Gasteiger charge is 2.53. The van der Waals surface area contributed by atoms with E-state index in [0.29, 0.717) is 0 Å². The highest BCUT2D eigenvalue weighted by molar-refractivity contribution is 6.15. The van der Waals surface area contributed by atoms with Crippen molar-refractivity contribution in [2.24, 2.45) is 0 Å². The van der Waals surface area contributed by atoms with Gasteiger partial charge in [0.05, 0.1) is 27.6 Å². The Kier molecular flexibility index (Phi) is 9.20. The number of fused-ring (bicyclic) bond motifs is 16. The number of hydrogen-bond acceptors (Lipinski definition) is 2. The van der Waals surface area contributed by atoms with Crippen LogP contribution >= 0.6 is 0 Å². The van der Waals surface area contributed by atoms with Crippen LogP contribution in [0.4, 0.5) is 17.1 Å². The van der Waals surface area contributed by atoms with Crippen molar-refractivity contribution < 1.29 is 4.42 Å². The Morgan fingerprint density at radius 2 is 0.763 bits per heavy atom. The Bertz CT molecular complexity index is 4430. The molecule has 1 heterocycles. The van der Waals surface area contributed by atoms with Crippen LogP contribution in [0.5, 0.6) is 0 Å². The summed E-state index contributed by atoms with van der Waals surface area (Å²) in [5.74, 6) is 0. The summed E-state index contributed by atoms with van der Waals surface area (Å²) in [5, 5.41) is 2.14. The summed E-state index contributed by atoms with van der Waals surface area (Å²) in [7, 11) is 0. The molecule has 0 amide bonds. The maximum absolute atomic E-state index is 6.89. The minimum atomic E-state index is -0.599. The summed E-state index contributed by atoms with van der Waals surface area (Å²) in [6.45, 7) is 0. The average Bonchev–Trinajstić information content (AvgIpc) is 4.22. The molecule has 12 aromatic carbocycles. The van der Waals surface area contributed by atoms with Crippen LogP contribution in [0.2, 0.25) is 0 Å². The predicted octanol–water partition coefficient (Wildman–Crippen LogP) is 19.1. The van der Waals surface area contributed by atoms with Crippen LogP contribution in [0.25, 0.3) is 77.6 Å². The Morgan fingerprint density at radius 1 is 0.276 bits per heavy atom. The van der Waals surface area contributed by atoms with E-state index in [-0.39, 0.29) is 0 Å². The number of nitrogens with zero attached hydrogens (tertiary/aromatic N) is 1. The largest absolute Gasteiger partial charge is 0.456 e. The van der Waals surface area contributed by atoms with Crippen LogP contribution in [-0.4, -0.2) is 0 Å². The molecule has 0 saturated carbocycles. The van der Waals surface area contributed by atoms with Crippen LogP contribution in [0.3, 0.4) is 0 Å². The minimum absolute atomic E-state index is 0.584. The average molecular weight is 966 g/mol. The van der Waals surface area contributed by atoms with Crippen molar-refractivity contribution in [3.05, 3.63) is 330 Å². The zero-order valence-electron chi connectivity index (χ0n) is 41.5. The molecule has 2 heteroatoms. The van der Waals surface area contributed by atoms with E-state index in [1.807, 2.05) is 0 Å². The summed E-state index contributed by atoms with van der Waals surface area (Å²) < 4.78 is 6.89. The lowest BCUT2D eigenvalue weighted by Gasteiger charge is -2.35. The lowest BCUT2D eigenvalue weighted by Crippen LogP contribution is -2.29. The van der Waals surface area contributed by atoms with Gasteiger partial charge in [-0.3, -0.25) is 0 Å². The lowest BCUT2D eigenvalue weighted by molar-refractivity contribution is 0.669. The maximum Gasteiger partial charge on any atom is 0.137 e. The van der Waals surface area contributed by atoms with Crippen LogP contribution in [-0.2, 0) is 10.8 Å². The van der Waals surface area contributed by atoms with Gasteiger partial charge in [-0.2, -0.15) is 0 Å². The molecule has 3 aliphatic rings. The van der Waals surface area contributed by atoms with E-state index in [4.69, 9.17) is 4.42 Å². The van der Waals surface area contributed by atoms with E-state index in [0.717, 1.165) is 44.6 Å². The number of hydrogen-bond donors (Lipinski definition) is 0. The molecule has 2 nitrogen and oxygen atoms in total. The van der Waals surface area contributed by atoms with Crippen molar-refractivity contribution in [2.45, 2.75) is 10.8 Å². The third-order valence-electron chi connectivity index (χ3n) is 17.0. The second kappa shape index (κ2) is 16.4. The predicted molar refractivity (Wildman–Crippen MR) is 313 cm³/mol. The van der Waals surface area contributed by atoms with Crippen LogP contribution < -0.4 is 4.90 Å². The molecule has 1 aromatic heterocycles. The highest BCUT2D eigenvalue weighted by Crippen LogP contribution is 2.66. The summed E-state index contributed by atoms with van der Waals surface area (Å²) in [5.41, 5.74) is 26.2. The summed E-state index contributed by atoms with van der Waals surface area (Å²) in [6.07, 6.45) is 0. The van der Waals surface area contributed by atoms with E-state index in [9.17, 15) is 0 Å². The standard InChI is InChI=1S/C74H47NO/c1-4-21-48(22-5-1)50-42-44-69-60(45-50)72-68(39-20-40-70(72)76-69)75(54-28-18-27-53(47-54)73(52-25-8-3-9-26-52)61-33-14-10-29-55(61)56-30-11-15-34-62(56)73)67-38-19-37-65-71(67)59-32-13-17-36-64(59)74(65)63-35-16-12-31-57(63)58-43-41-51(46-66(58)74)49-23-6-2-7-24-49/h1-47H. The zero-order chi connectivity index (χ0) is 50.0. The van der Waals surface area contributed by atoms with Gasteiger partial charge in [0.15, 0.2) is 0 Å². The molecule has 3 aliphatic carbocycles. The SMILES string of the molecule is c1ccc(-c2ccc3c(c2)C2(c4ccccc4-3)c3ccccc3-c3c(N(c4cccc(C5(c6ccccc6)c6ccccc6-c6ccccc65)c4)c4cccc5oc6ccc(-c7ccccc7)cc6c45)cccc32)cc1. The Balaban J connectivity index is 1.01. The number of benzene rings is 12. The molecule has 1 atom stereocenters. The fourth-order valence-corrected chi connectivity index (χ4v) is 14.0. The van der Waals surface area contributed by atoms with Crippen LogP contribution in [0, 0.1) is 0 Å². The number of anilines is 3. The van der Waals surface area contributed by atoms with Gasteiger partial charge in [-0.15, -0.1) is 0 Å². The molecule has 0 aliphatic heterocycles. The van der Waals surface area contributed by atoms with E-state index in [1.165, 1.54) is 94.6 Å². The first kappa shape index (κ1) is 42.7. The quantitative estimate of drug-likeness (QED) is 0.158. The summed E-state index contributed by atoms with van der Waals surface area (Å²) in [4.78, 5) is 2.55. The molecular weight excluding hydrogens is 919 g/mol. The second-order valence-electron chi connectivity index (χ2n) is 20.6. The van der Waals surface area contributed by atoms with Gasteiger partial charge in [-0.1, -0.05) is 237 Å². The van der Waals surface area contributed by atoms with Gasteiger partial charge in [0.1, 0.15) is 11.2 Å². The van der Waals surface area contributed by atoms with Gasteiger partial charge < -0.3 is 9.32 Å². The summed E-state index contributed by atoms with van der Waals surface area (Å²) >= 11 is 0. The normalized spacial score (nSPS) is 15.0. The van der Waals surface area contributed by atoms with Gasteiger partial charge >= 0.3 is 0 Å². The van der Waals surface area contributed by atoms with E-state index >= 15 is 0 Å². The van der Waals surface area contributed by atoms with Gasteiger partial charge in [-0.05, 0) is 143 Å². The Hall–Kier alpha value is -9.76. The van der Waals surface area contributed by atoms with Gasteiger partial charge in [-0.25, -0.2) is 0 Å². The van der Waals surface area contributed by atoms with Crippen molar-refractivity contribution in [3.8, 4) is 55.6 Å². The highest BCUT2D eigenvalue weighted by atomic mass is 16.3. The van der Waals surface area contributed by atoms with Crippen LogP contribution in [0.1, 0.15) is 44.5 Å². The smallest absolute Gasteiger partial charge is 0.137 e. The zero-order valence-corrected chi connectivity index (χ0v) is 41.5. The maximum atomic E-state index is 6.89. The van der Waals surface area contributed by atoms with Crippen molar-refractivity contribution in [1.29, 1.82) is 0 Å². The first-order chi connectivity index (χ1) is 37.7. The molecule has 0 saturated heterocycles. The Labute approximate surface area is 442 Å². The Morgan fingerprint density at radius 3 is 1.43 bits per heavy atom. The molecular formula is C74H47NO. The third-order valence-corrected chi connectivity index (χ3v) is 17.0. The lowest BCUT2D eigenvalue weighted by atomic mass is 9.67. The first-order valence-electron chi connectivity index (χ1n) is 26.4. The molecule has 0 fully saturated rings. The molecule has 0 N–H and O–H groups in total.